The van der Waals surface area contributed by atoms with Gasteiger partial charge in [-0.15, -0.1) is 0 Å². The number of sulfonamides is 1. The van der Waals surface area contributed by atoms with E-state index in [1.54, 1.807) is 36.9 Å². The number of carbonyl (C=O) groups is 1. The number of hydrogen-bond donors (Lipinski definition) is 2. The molecule has 31 heavy (non-hydrogen) atoms. The van der Waals surface area contributed by atoms with Crippen LogP contribution in [0.15, 0.2) is 47.5 Å². The van der Waals surface area contributed by atoms with Crippen LogP contribution in [-0.4, -0.2) is 35.6 Å². The lowest BCUT2D eigenvalue weighted by atomic mass is 10.1. The monoisotopic (exact) mass is 441 g/mol. The fourth-order valence-corrected chi connectivity index (χ4v) is 4.66. The van der Waals surface area contributed by atoms with Gasteiger partial charge in [-0.1, -0.05) is 13.0 Å². The first-order chi connectivity index (χ1) is 14.7. The lowest BCUT2D eigenvalue weighted by Crippen LogP contribution is -2.27. The second-order valence-electron chi connectivity index (χ2n) is 7.28. The van der Waals surface area contributed by atoms with Gasteiger partial charge in [-0.2, -0.15) is 5.10 Å². The van der Waals surface area contributed by atoms with Gasteiger partial charge in [-0.05, 0) is 68.7 Å². The summed E-state index contributed by atoms with van der Waals surface area (Å²) in [6.07, 6.45) is 2.57. The van der Waals surface area contributed by atoms with Crippen molar-refractivity contribution in [2.45, 2.75) is 45.4 Å². The topological polar surface area (TPSA) is 106 Å². The molecule has 0 bridgehead atoms. The molecule has 2 N–H and O–H groups in total. The molecule has 0 aliphatic rings. The van der Waals surface area contributed by atoms with Gasteiger partial charge in [0.2, 0.25) is 15.9 Å². The molecule has 0 saturated heterocycles. The van der Waals surface area contributed by atoms with Gasteiger partial charge in [0, 0.05) is 30.5 Å². The third kappa shape index (κ3) is 5.18. The number of carbonyl (C=O) groups excluding carboxylic acids is 1. The van der Waals surface area contributed by atoms with Gasteiger partial charge in [0.05, 0.1) is 10.6 Å². The summed E-state index contributed by atoms with van der Waals surface area (Å²) >= 11 is 0. The summed E-state index contributed by atoms with van der Waals surface area (Å²) in [6.45, 7) is 7.57. The van der Waals surface area contributed by atoms with Gasteiger partial charge < -0.3 is 5.32 Å². The Morgan fingerprint density at radius 1 is 1.13 bits per heavy atom. The molecule has 2 aromatic heterocycles. The van der Waals surface area contributed by atoms with E-state index >= 15 is 0 Å². The van der Waals surface area contributed by atoms with E-state index in [4.69, 9.17) is 0 Å². The van der Waals surface area contributed by atoms with Crippen molar-refractivity contribution in [3.63, 3.8) is 0 Å². The van der Waals surface area contributed by atoms with Crippen LogP contribution in [0.25, 0.3) is 5.82 Å². The molecule has 8 nitrogen and oxygen atoms in total. The molecule has 3 rings (SSSR count). The van der Waals surface area contributed by atoms with Crippen molar-refractivity contribution in [1.82, 2.24) is 19.5 Å². The molecule has 1 amide bonds. The highest BCUT2D eigenvalue weighted by Gasteiger charge is 2.19. The van der Waals surface area contributed by atoms with Crippen molar-refractivity contribution in [3.05, 3.63) is 65.1 Å². The summed E-state index contributed by atoms with van der Waals surface area (Å²) < 4.78 is 30.0. The fraction of sp³-hybridized carbons (Fsp3) is 0.318. The Bertz CT molecular complexity index is 1190. The normalized spacial score (nSPS) is 11.5. The Balaban J connectivity index is 1.71. The van der Waals surface area contributed by atoms with Crippen molar-refractivity contribution >= 4 is 21.6 Å². The van der Waals surface area contributed by atoms with Crippen molar-refractivity contribution < 1.29 is 13.2 Å². The number of aryl methyl sites for hydroxylation is 2. The van der Waals surface area contributed by atoms with Gasteiger partial charge in [0.1, 0.15) is 0 Å². The van der Waals surface area contributed by atoms with Crippen LogP contribution in [0.1, 0.15) is 35.9 Å². The molecular formula is C22H27N5O3S. The lowest BCUT2D eigenvalue weighted by Gasteiger charge is -2.12. The number of pyridine rings is 1. The number of hydrogen-bond acceptors (Lipinski definition) is 5. The Morgan fingerprint density at radius 3 is 2.55 bits per heavy atom. The molecule has 3 aromatic rings. The van der Waals surface area contributed by atoms with Crippen molar-refractivity contribution in [2.24, 2.45) is 0 Å². The third-order valence-corrected chi connectivity index (χ3v) is 6.67. The second kappa shape index (κ2) is 9.40. The second-order valence-corrected chi connectivity index (χ2v) is 9.01. The molecule has 2 heterocycles. The predicted octanol–water partition coefficient (Wildman–Crippen LogP) is 3.06. The predicted molar refractivity (Wildman–Crippen MR) is 120 cm³/mol. The maximum Gasteiger partial charge on any atom is 0.240 e. The van der Waals surface area contributed by atoms with E-state index in [9.17, 15) is 13.2 Å². The van der Waals surface area contributed by atoms with E-state index in [0.717, 1.165) is 22.8 Å². The van der Waals surface area contributed by atoms with Crippen LogP contribution in [-0.2, 0) is 21.2 Å². The largest absolute Gasteiger partial charge is 0.326 e. The van der Waals surface area contributed by atoms with E-state index in [2.05, 4.69) is 20.1 Å². The molecular weight excluding hydrogens is 414 g/mol. The Kier molecular flexibility index (Phi) is 6.87. The van der Waals surface area contributed by atoms with Gasteiger partial charge in [-0.3, -0.25) is 4.79 Å². The Labute approximate surface area is 182 Å². The van der Waals surface area contributed by atoms with Crippen LogP contribution < -0.4 is 10.0 Å². The maximum atomic E-state index is 12.8. The first-order valence-electron chi connectivity index (χ1n) is 10.1. The molecule has 0 radical (unpaired) electrons. The van der Waals surface area contributed by atoms with Crippen LogP contribution >= 0.6 is 0 Å². The van der Waals surface area contributed by atoms with E-state index in [0.29, 0.717) is 24.1 Å². The van der Waals surface area contributed by atoms with Crippen LogP contribution in [0.5, 0.6) is 0 Å². The van der Waals surface area contributed by atoms with E-state index in [1.807, 2.05) is 32.0 Å². The highest BCUT2D eigenvalue weighted by molar-refractivity contribution is 7.89. The summed E-state index contributed by atoms with van der Waals surface area (Å²) in [5, 5.41) is 7.29. The van der Waals surface area contributed by atoms with Crippen LogP contribution in [0.2, 0.25) is 0 Å². The molecule has 164 valence electrons. The summed E-state index contributed by atoms with van der Waals surface area (Å²) in [4.78, 5) is 16.1. The fourth-order valence-electron chi connectivity index (χ4n) is 3.41. The van der Waals surface area contributed by atoms with Crippen LogP contribution in [0, 0.1) is 20.8 Å². The Hall–Kier alpha value is -3.04. The molecule has 0 aliphatic heterocycles. The van der Waals surface area contributed by atoms with Crippen molar-refractivity contribution in [2.75, 3.05) is 11.9 Å². The van der Waals surface area contributed by atoms with Crippen LogP contribution in [0.4, 0.5) is 5.69 Å². The van der Waals surface area contributed by atoms with E-state index in [-0.39, 0.29) is 17.3 Å². The molecule has 0 atom stereocenters. The summed E-state index contributed by atoms with van der Waals surface area (Å²) in [5.74, 6) is 0.603. The van der Waals surface area contributed by atoms with Crippen molar-refractivity contribution in [3.8, 4) is 5.82 Å². The first-order valence-corrected chi connectivity index (χ1v) is 11.6. The standard InChI is InChI=1S/C22H27N5O3S/c1-5-22(28)25-18-9-10-20(15(2)14-18)31(29,30)24-13-11-19-16(3)26-27(17(19)4)21-8-6-7-12-23-21/h6-10,12,14,24H,5,11,13H2,1-4H3,(H,25,28). The molecule has 1 aromatic carbocycles. The lowest BCUT2D eigenvalue weighted by molar-refractivity contribution is -0.115. The minimum atomic E-state index is -3.69. The average molecular weight is 442 g/mol. The zero-order valence-corrected chi connectivity index (χ0v) is 19.0. The first kappa shape index (κ1) is 22.6. The summed E-state index contributed by atoms with van der Waals surface area (Å²) in [7, 11) is -3.69. The SMILES string of the molecule is CCC(=O)Nc1ccc(S(=O)(=O)NCCc2c(C)nn(-c3ccccn3)c2C)c(C)c1. The Morgan fingerprint density at radius 2 is 1.90 bits per heavy atom. The van der Waals surface area contributed by atoms with Gasteiger partial charge >= 0.3 is 0 Å². The number of nitrogens with zero attached hydrogens (tertiary/aromatic N) is 3. The zero-order chi connectivity index (χ0) is 22.6. The van der Waals surface area contributed by atoms with E-state index in [1.165, 1.54) is 6.07 Å². The molecule has 0 fully saturated rings. The van der Waals surface area contributed by atoms with Gasteiger partial charge in [0.15, 0.2) is 5.82 Å². The van der Waals surface area contributed by atoms with Gasteiger partial charge in [-0.25, -0.2) is 22.8 Å². The smallest absolute Gasteiger partial charge is 0.240 e. The maximum absolute atomic E-state index is 12.8. The number of benzene rings is 1. The summed E-state index contributed by atoms with van der Waals surface area (Å²) in [6, 6.07) is 10.4. The minimum Gasteiger partial charge on any atom is -0.326 e. The highest BCUT2D eigenvalue weighted by Crippen LogP contribution is 2.21. The minimum absolute atomic E-state index is 0.120. The molecule has 0 unspecified atom stereocenters. The number of aromatic nitrogens is 3. The van der Waals surface area contributed by atoms with Gasteiger partial charge in [0.25, 0.3) is 0 Å². The average Bonchev–Trinajstić information content (AvgIpc) is 3.02. The van der Waals surface area contributed by atoms with E-state index < -0.39 is 10.0 Å². The number of rotatable bonds is 8. The number of nitrogens with one attached hydrogen (secondary N) is 2. The quantitative estimate of drug-likeness (QED) is 0.559. The molecule has 9 heteroatoms. The van der Waals surface area contributed by atoms with Crippen molar-refractivity contribution in [1.29, 1.82) is 0 Å². The number of amides is 1. The molecule has 0 saturated carbocycles. The zero-order valence-electron chi connectivity index (χ0n) is 18.1. The molecule has 0 aliphatic carbocycles. The molecule has 0 spiro atoms. The summed E-state index contributed by atoms with van der Waals surface area (Å²) in [5.41, 5.74) is 3.91. The third-order valence-electron chi connectivity index (χ3n) is 5.04. The van der Waals surface area contributed by atoms with Crippen LogP contribution in [0.3, 0.4) is 0 Å². The number of anilines is 1. The highest BCUT2D eigenvalue weighted by atomic mass is 32.2.